The maximum absolute atomic E-state index is 12.2. The summed E-state index contributed by atoms with van der Waals surface area (Å²) in [5, 5.41) is 16.2. The summed E-state index contributed by atoms with van der Waals surface area (Å²) in [6, 6.07) is 9.57. The minimum absolute atomic E-state index is 0.0585. The number of rotatable bonds is 5. The van der Waals surface area contributed by atoms with E-state index >= 15 is 0 Å². The van der Waals surface area contributed by atoms with E-state index in [1.807, 2.05) is 30.3 Å². The van der Waals surface area contributed by atoms with E-state index in [0.717, 1.165) is 18.4 Å². The average molecular weight is 302 g/mol. The van der Waals surface area contributed by atoms with Crippen molar-refractivity contribution in [2.24, 2.45) is 11.3 Å². The molecule has 2 amide bonds. The summed E-state index contributed by atoms with van der Waals surface area (Å²) in [5.41, 5.74) is 0.653. The van der Waals surface area contributed by atoms with Gasteiger partial charge in [-0.3, -0.25) is 9.59 Å². The molecule has 1 saturated carbocycles. The summed E-state index contributed by atoms with van der Waals surface area (Å²) in [7, 11) is 0. The molecular formula is C17H22N2O3. The molecule has 3 N–H and O–H groups in total. The number of aliphatic hydroxyl groups is 1. The van der Waals surface area contributed by atoms with Crippen LogP contribution in [0.1, 0.15) is 37.4 Å². The minimum atomic E-state index is -0.552. The van der Waals surface area contributed by atoms with Crippen LogP contribution in [0, 0.1) is 11.3 Å². The Morgan fingerprint density at radius 1 is 1.36 bits per heavy atom. The third-order valence-electron chi connectivity index (χ3n) is 4.82. The van der Waals surface area contributed by atoms with E-state index in [-0.39, 0.29) is 29.6 Å². The van der Waals surface area contributed by atoms with Crippen molar-refractivity contribution in [2.75, 3.05) is 13.1 Å². The van der Waals surface area contributed by atoms with Crippen LogP contribution in [-0.4, -0.2) is 30.0 Å². The van der Waals surface area contributed by atoms with Crippen molar-refractivity contribution in [1.82, 2.24) is 10.6 Å². The molecule has 1 heterocycles. The Morgan fingerprint density at radius 3 is 2.73 bits per heavy atom. The number of carbonyl (C=O) groups is 2. The molecule has 22 heavy (non-hydrogen) atoms. The lowest BCUT2D eigenvalue weighted by Crippen LogP contribution is -2.43. The van der Waals surface area contributed by atoms with Crippen LogP contribution in [0.2, 0.25) is 0 Å². The Labute approximate surface area is 130 Å². The molecule has 2 unspecified atom stereocenters. The topological polar surface area (TPSA) is 78.4 Å². The maximum atomic E-state index is 12.2. The van der Waals surface area contributed by atoms with Crippen molar-refractivity contribution >= 4 is 11.8 Å². The summed E-state index contributed by atoms with van der Waals surface area (Å²) in [4.78, 5) is 23.6. The molecule has 118 valence electrons. The molecule has 5 heteroatoms. The Balaban J connectivity index is 1.56. The highest BCUT2D eigenvalue weighted by Crippen LogP contribution is 2.54. The number of benzene rings is 1. The summed E-state index contributed by atoms with van der Waals surface area (Å²) >= 11 is 0. The van der Waals surface area contributed by atoms with Gasteiger partial charge in [0.05, 0.1) is 6.10 Å². The first-order valence-electron chi connectivity index (χ1n) is 7.88. The van der Waals surface area contributed by atoms with Crippen LogP contribution >= 0.6 is 0 Å². The second kappa shape index (κ2) is 6.08. The van der Waals surface area contributed by atoms with Crippen molar-refractivity contribution in [2.45, 2.75) is 31.8 Å². The fourth-order valence-electron chi connectivity index (χ4n) is 3.11. The van der Waals surface area contributed by atoms with E-state index in [9.17, 15) is 14.7 Å². The SMILES string of the molecule is O=C1CC(C(=O)NCC2(C(O)c3ccccc3)CC2)CCN1. The number of nitrogens with one attached hydrogen (secondary N) is 2. The Bertz CT molecular complexity index is 554. The van der Waals surface area contributed by atoms with Gasteiger partial charge in [0.25, 0.3) is 0 Å². The minimum Gasteiger partial charge on any atom is -0.388 e. The van der Waals surface area contributed by atoms with Gasteiger partial charge in [-0.15, -0.1) is 0 Å². The van der Waals surface area contributed by atoms with Crippen molar-refractivity contribution < 1.29 is 14.7 Å². The van der Waals surface area contributed by atoms with Gasteiger partial charge in [-0.25, -0.2) is 0 Å². The van der Waals surface area contributed by atoms with E-state index in [2.05, 4.69) is 10.6 Å². The highest BCUT2D eigenvalue weighted by molar-refractivity contribution is 5.86. The van der Waals surface area contributed by atoms with E-state index in [0.29, 0.717) is 19.5 Å². The molecule has 2 aliphatic rings. The Hall–Kier alpha value is -1.88. The highest BCUT2D eigenvalue weighted by atomic mass is 16.3. The van der Waals surface area contributed by atoms with Crippen LogP contribution in [0.3, 0.4) is 0 Å². The molecule has 1 aliphatic carbocycles. The average Bonchev–Trinajstić information content (AvgIpc) is 3.34. The fourth-order valence-corrected chi connectivity index (χ4v) is 3.11. The first-order chi connectivity index (χ1) is 10.6. The maximum Gasteiger partial charge on any atom is 0.223 e. The second-order valence-electron chi connectivity index (χ2n) is 6.43. The standard InChI is InChI=1S/C17H22N2O3/c20-14-10-13(6-9-18-14)16(22)19-11-17(7-8-17)15(21)12-4-2-1-3-5-12/h1-5,13,15,21H,6-11H2,(H,18,20)(H,19,22). The molecule has 1 aliphatic heterocycles. The zero-order chi connectivity index (χ0) is 15.6. The Kier molecular flexibility index (Phi) is 4.16. The molecule has 1 aromatic rings. The zero-order valence-corrected chi connectivity index (χ0v) is 12.5. The van der Waals surface area contributed by atoms with Crippen molar-refractivity contribution in [1.29, 1.82) is 0 Å². The van der Waals surface area contributed by atoms with Crippen molar-refractivity contribution in [3.8, 4) is 0 Å². The molecule has 3 rings (SSSR count). The molecule has 2 atom stereocenters. The van der Waals surface area contributed by atoms with Crippen LogP contribution in [-0.2, 0) is 9.59 Å². The van der Waals surface area contributed by atoms with E-state index < -0.39 is 6.10 Å². The van der Waals surface area contributed by atoms with E-state index in [1.165, 1.54) is 0 Å². The van der Waals surface area contributed by atoms with E-state index in [1.54, 1.807) is 0 Å². The molecule has 1 saturated heterocycles. The molecular weight excluding hydrogens is 280 g/mol. The zero-order valence-electron chi connectivity index (χ0n) is 12.5. The number of hydrogen-bond acceptors (Lipinski definition) is 3. The monoisotopic (exact) mass is 302 g/mol. The van der Waals surface area contributed by atoms with Gasteiger partial charge < -0.3 is 15.7 Å². The van der Waals surface area contributed by atoms with Crippen molar-refractivity contribution in [3.63, 3.8) is 0 Å². The van der Waals surface area contributed by atoms with Gasteiger partial charge in [0, 0.05) is 30.8 Å². The van der Waals surface area contributed by atoms with Gasteiger partial charge in [-0.2, -0.15) is 0 Å². The van der Waals surface area contributed by atoms with Gasteiger partial charge in [0.15, 0.2) is 0 Å². The van der Waals surface area contributed by atoms with Crippen LogP contribution in [0.25, 0.3) is 0 Å². The molecule has 0 radical (unpaired) electrons. The van der Waals surface area contributed by atoms with Gasteiger partial charge in [-0.1, -0.05) is 30.3 Å². The van der Waals surface area contributed by atoms with Gasteiger partial charge >= 0.3 is 0 Å². The number of aliphatic hydroxyl groups excluding tert-OH is 1. The van der Waals surface area contributed by atoms with Crippen LogP contribution in [0.15, 0.2) is 30.3 Å². The lowest BCUT2D eigenvalue weighted by Gasteiger charge is -2.26. The second-order valence-corrected chi connectivity index (χ2v) is 6.43. The first-order valence-corrected chi connectivity index (χ1v) is 7.88. The predicted octanol–water partition coefficient (Wildman–Crippen LogP) is 1.14. The number of amides is 2. The molecule has 1 aromatic carbocycles. The Morgan fingerprint density at radius 2 is 2.09 bits per heavy atom. The number of hydrogen-bond donors (Lipinski definition) is 3. The third kappa shape index (κ3) is 3.14. The molecule has 2 fully saturated rings. The highest BCUT2D eigenvalue weighted by Gasteiger charge is 2.49. The molecule has 5 nitrogen and oxygen atoms in total. The summed E-state index contributed by atoms with van der Waals surface area (Å²) in [6.45, 7) is 1.04. The third-order valence-corrected chi connectivity index (χ3v) is 4.82. The lowest BCUT2D eigenvalue weighted by molar-refractivity contribution is -0.132. The first kappa shape index (κ1) is 15.0. The van der Waals surface area contributed by atoms with Gasteiger partial charge in [0.1, 0.15) is 0 Å². The summed E-state index contributed by atoms with van der Waals surface area (Å²) in [6.07, 6.45) is 2.22. The smallest absolute Gasteiger partial charge is 0.223 e. The van der Waals surface area contributed by atoms with E-state index in [4.69, 9.17) is 0 Å². The normalized spacial score (nSPS) is 24.2. The fraction of sp³-hybridized carbons (Fsp3) is 0.529. The molecule has 0 aromatic heterocycles. The van der Waals surface area contributed by atoms with Gasteiger partial charge in [0.2, 0.25) is 11.8 Å². The predicted molar refractivity (Wildman–Crippen MR) is 81.8 cm³/mol. The summed E-state index contributed by atoms with van der Waals surface area (Å²) in [5.74, 6) is -0.364. The van der Waals surface area contributed by atoms with Crippen molar-refractivity contribution in [3.05, 3.63) is 35.9 Å². The number of piperidine rings is 1. The summed E-state index contributed by atoms with van der Waals surface area (Å²) < 4.78 is 0. The van der Waals surface area contributed by atoms with Crippen LogP contribution in [0.4, 0.5) is 0 Å². The van der Waals surface area contributed by atoms with Crippen LogP contribution < -0.4 is 10.6 Å². The largest absolute Gasteiger partial charge is 0.388 e. The molecule has 0 spiro atoms. The molecule has 0 bridgehead atoms. The number of carbonyl (C=O) groups excluding carboxylic acids is 2. The quantitative estimate of drug-likeness (QED) is 0.763. The lowest BCUT2D eigenvalue weighted by atomic mass is 9.91. The van der Waals surface area contributed by atoms with Gasteiger partial charge in [-0.05, 0) is 24.8 Å². The van der Waals surface area contributed by atoms with Crippen LogP contribution in [0.5, 0.6) is 0 Å².